The predicted molar refractivity (Wildman–Crippen MR) is 109 cm³/mol. The Labute approximate surface area is 171 Å². The summed E-state index contributed by atoms with van der Waals surface area (Å²) in [5.74, 6) is -0.332. The van der Waals surface area contributed by atoms with E-state index in [4.69, 9.17) is 4.74 Å². The molecule has 0 bridgehead atoms. The summed E-state index contributed by atoms with van der Waals surface area (Å²) < 4.78 is 9.57. The number of nitrogens with zero attached hydrogens (tertiary/aromatic N) is 6. The molecule has 3 heterocycles. The highest BCUT2D eigenvalue weighted by atomic mass is 32.1. The van der Waals surface area contributed by atoms with E-state index >= 15 is 0 Å². The minimum absolute atomic E-state index is 0.0837. The van der Waals surface area contributed by atoms with Crippen molar-refractivity contribution in [2.45, 2.75) is 39.7 Å². The maximum Gasteiger partial charge on any atom is 0.333 e. The van der Waals surface area contributed by atoms with Gasteiger partial charge in [0.25, 0.3) is 0 Å². The van der Waals surface area contributed by atoms with Crippen LogP contribution >= 0.6 is 22.9 Å². The van der Waals surface area contributed by atoms with Crippen LogP contribution in [0, 0.1) is 25.2 Å². The Morgan fingerprint density at radius 2 is 1.96 bits per heavy atom. The van der Waals surface area contributed by atoms with E-state index in [1.807, 2.05) is 6.92 Å². The molecule has 0 radical (unpaired) electrons. The van der Waals surface area contributed by atoms with E-state index in [0.29, 0.717) is 26.8 Å². The smallest absolute Gasteiger partial charge is 0.333 e. The van der Waals surface area contributed by atoms with Gasteiger partial charge in [-0.05, 0) is 32.3 Å². The quantitative estimate of drug-likeness (QED) is 0.401. The minimum atomic E-state index is -0.332. The molecule has 10 heteroatoms. The summed E-state index contributed by atoms with van der Waals surface area (Å²) in [6, 6.07) is 2.11. The van der Waals surface area contributed by atoms with Gasteiger partial charge < -0.3 is 9.64 Å². The first-order valence-electron chi connectivity index (χ1n) is 8.76. The number of ether oxygens (including phenoxy) is 1. The first-order valence-corrected chi connectivity index (χ1v) is 10.3. The molecule has 0 N–H and O–H groups in total. The van der Waals surface area contributed by atoms with Crippen molar-refractivity contribution in [3.8, 4) is 6.07 Å². The van der Waals surface area contributed by atoms with E-state index in [-0.39, 0.29) is 12.1 Å². The summed E-state index contributed by atoms with van der Waals surface area (Å²) in [6.45, 7) is 10.4. The van der Waals surface area contributed by atoms with E-state index in [1.165, 1.54) is 11.3 Å². The van der Waals surface area contributed by atoms with Crippen molar-refractivity contribution in [2.24, 2.45) is 10.2 Å². The highest BCUT2D eigenvalue weighted by Gasteiger charge is 2.25. The third-order valence-corrected chi connectivity index (χ3v) is 6.21. The number of carbonyl (C=O) groups excluding carboxylic acids is 1. The number of hydrogen-bond acceptors (Lipinski definition) is 10. The number of aryl methyl sites for hydroxylation is 2. The molecule has 0 amide bonds. The topological polar surface area (TPSA) is 104 Å². The highest BCUT2D eigenvalue weighted by Crippen LogP contribution is 2.36. The zero-order valence-electron chi connectivity index (χ0n) is 15.9. The third-order valence-electron chi connectivity index (χ3n) is 4.28. The molecule has 0 spiro atoms. The van der Waals surface area contributed by atoms with Gasteiger partial charge in [-0.15, -0.1) is 10.2 Å². The summed E-state index contributed by atoms with van der Waals surface area (Å²) in [7, 11) is 0. The van der Waals surface area contributed by atoms with E-state index < -0.39 is 0 Å². The van der Waals surface area contributed by atoms with Crippen molar-refractivity contribution in [1.82, 2.24) is 9.36 Å². The molecule has 0 aromatic carbocycles. The number of esters is 1. The Morgan fingerprint density at radius 3 is 2.61 bits per heavy atom. The van der Waals surface area contributed by atoms with Gasteiger partial charge in [0.2, 0.25) is 0 Å². The Balaban J connectivity index is 1.65. The number of piperidine rings is 1. The van der Waals surface area contributed by atoms with Crippen LogP contribution in [0.1, 0.15) is 36.7 Å². The first-order chi connectivity index (χ1) is 13.4. The summed E-state index contributed by atoms with van der Waals surface area (Å²) in [5, 5.41) is 19.7. The second-order valence-corrected chi connectivity index (χ2v) is 8.23. The van der Waals surface area contributed by atoms with Gasteiger partial charge in [0.05, 0.1) is 11.4 Å². The average molecular weight is 417 g/mol. The summed E-state index contributed by atoms with van der Waals surface area (Å²) in [4.78, 5) is 18.4. The van der Waals surface area contributed by atoms with Crippen molar-refractivity contribution >= 4 is 44.0 Å². The largest absolute Gasteiger partial charge is 0.459 e. The molecule has 3 rings (SSSR count). The molecule has 0 unspecified atom stereocenters. The van der Waals surface area contributed by atoms with Gasteiger partial charge in [0.15, 0.2) is 15.1 Å². The number of carbonyl (C=O) groups is 1. The Hall–Kier alpha value is -2.64. The zero-order valence-corrected chi connectivity index (χ0v) is 17.6. The lowest BCUT2D eigenvalue weighted by Gasteiger charge is -2.31. The van der Waals surface area contributed by atoms with Crippen molar-refractivity contribution in [2.75, 3.05) is 18.0 Å². The van der Waals surface area contributed by atoms with E-state index in [2.05, 4.69) is 37.1 Å². The number of azo groups is 1. The molecule has 146 valence electrons. The van der Waals surface area contributed by atoms with Crippen LogP contribution in [0.25, 0.3) is 0 Å². The Kier molecular flexibility index (Phi) is 6.16. The molecule has 28 heavy (non-hydrogen) atoms. The monoisotopic (exact) mass is 416 g/mol. The van der Waals surface area contributed by atoms with E-state index in [1.54, 1.807) is 13.8 Å². The number of nitriles is 1. The average Bonchev–Trinajstić information content (AvgIpc) is 3.22. The fraction of sp³-hybridized carbons (Fsp3) is 0.444. The number of rotatable bonds is 5. The SMILES string of the molecule is C=C(C)C(=O)OC1CCN(c2nc(C)c(N=Nc3snc(C)c3C#N)s2)CC1. The van der Waals surface area contributed by atoms with Crippen molar-refractivity contribution in [3.05, 3.63) is 29.1 Å². The molecule has 1 fully saturated rings. The lowest BCUT2D eigenvalue weighted by molar-refractivity contribution is -0.145. The van der Waals surface area contributed by atoms with Crippen LogP contribution in [-0.2, 0) is 9.53 Å². The van der Waals surface area contributed by atoms with Crippen molar-refractivity contribution in [1.29, 1.82) is 5.26 Å². The van der Waals surface area contributed by atoms with Gasteiger partial charge >= 0.3 is 5.97 Å². The van der Waals surface area contributed by atoms with Gasteiger partial charge in [-0.25, -0.2) is 9.78 Å². The number of hydrogen-bond donors (Lipinski definition) is 0. The number of thiazole rings is 1. The van der Waals surface area contributed by atoms with Gasteiger partial charge in [0.1, 0.15) is 17.7 Å². The van der Waals surface area contributed by atoms with Crippen LogP contribution in [0.4, 0.5) is 15.1 Å². The predicted octanol–water partition coefficient (Wildman–Crippen LogP) is 4.59. The zero-order chi connectivity index (χ0) is 20.3. The fourth-order valence-corrected chi connectivity index (χ4v) is 4.28. The molecular weight excluding hydrogens is 396 g/mol. The molecular formula is C18H20N6O2S2. The lowest BCUT2D eigenvalue weighted by Crippen LogP contribution is -2.37. The summed E-state index contributed by atoms with van der Waals surface area (Å²) >= 11 is 2.62. The van der Waals surface area contributed by atoms with Gasteiger partial charge in [-0.3, -0.25) is 0 Å². The lowest BCUT2D eigenvalue weighted by atomic mass is 10.1. The minimum Gasteiger partial charge on any atom is -0.459 e. The molecule has 0 atom stereocenters. The summed E-state index contributed by atoms with van der Waals surface area (Å²) in [6.07, 6.45) is 1.42. The van der Waals surface area contributed by atoms with Gasteiger partial charge in [-0.2, -0.15) is 9.64 Å². The Morgan fingerprint density at radius 1 is 1.29 bits per heavy atom. The molecule has 8 nitrogen and oxygen atoms in total. The second kappa shape index (κ2) is 8.58. The number of aromatic nitrogens is 2. The van der Waals surface area contributed by atoms with Gasteiger partial charge in [-0.1, -0.05) is 17.9 Å². The van der Waals surface area contributed by atoms with E-state index in [0.717, 1.165) is 48.3 Å². The molecule has 0 saturated carbocycles. The van der Waals surface area contributed by atoms with Crippen LogP contribution in [-0.4, -0.2) is 34.5 Å². The molecule has 0 aliphatic carbocycles. The van der Waals surface area contributed by atoms with Crippen molar-refractivity contribution in [3.63, 3.8) is 0 Å². The summed E-state index contributed by atoms with van der Waals surface area (Å²) in [5.41, 5.74) is 2.34. The van der Waals surface area contributed by atoms with Crippen LogP contribution in [0.15, 0.2) is 22.4 Å². The highest BCUT2D eigenvalue weighted by molar-refractivity contribution is 7.19. The standard InChI is InChI=1S/C18H20N6O2S2/c1-10(2)17(25)26-13-5-7-24(8-6-13)18-20-12(4)15(27-18)21-22-16-14(9-19)11(3)23-28-16/h13H,1,5-8H2,2-4H3. The maximum absolute atomic E-state index is 11.7. The first kappa shape index (κ1) is 20.1. The molecule has 2 aromatic heterocycles. The number of anilines is 1. The Bertz CT molecular complexity index is 963. The van der Waals surface area contributed by atoms with Crippen molar-refractivity contribution < 1.29 is 9.53 Å². The molecule has 1 aliphatic heterocycles. The van der Waals surface area contributed by atoms with Crippen LogP contribution in [0.3, 0.4) is 0 Å². The van der Waals surface area contributed by atoms with Crippen LogP contribution in [0.5, 0.6) is 0 Å². The van der Waals surface area contributed by atoms with Gasteiger partial charge in [0, 0.05) is 31.5 Å². The molecule has 1 aliphatic rings. The van der Waals surface area contributed by atoms with E-state index in [9.17, 15) is 10.1 Å². The second-order valence-electron chi connectivity index (χ2n) is 6.52. The molecule has 1 saturated heterocycles. The van der Waals surface area contributed by atoms with Crippen LogP contribution in [0.2, 0.25) is 0 Å². The molecule has 2 aromatic rings. The third kappa shape index (κ3) is 4.43. The normalized spacial score (nSPS) is 15.0. The maximum atomic E-state index is 11.7. The fourth-order valence-electron chi connectivity index (χ4n) is 2.66. The van der Waals surface area contributed by atoms with Crippen LogP contribution < -0.4 is 4.90 Å².